The first-order valence-electron chi connectivity index (χ1n) is 11.1. The van der Waals surface area contributed by atoms with Crippen molar-refractivity contribution < 1.29 is 13.2 Å². The highest BCUT2D eigenvalue weighted by molar-refractivity contribution is 7.89. The van der Waals surface area contributed by atoms with Crippen LogP contribution in [0.2, 0.25) is 0 Å². The van der Waals surface area contributed by atoms with Crippen molar-refractivity contribution in [2.75, 3.05) is 37.7 Å². The molecule has 3 heterocycles. The number of sulfonamides is 1. The molecule has 176 valence electrons. The fourth-order valence-corrected chi connectivity index (χ4v) is 5.58. The number of hydrogen-bond donors (Lipinski definition) is 0. The fraction of sp³-hybridized carbons (Fsp3) is 0.435. The van der Waals surface area contributed by atoms with Gasteiger partial charge in [0.05, 0.1) is 17.2 Å². The van der Waals surface area contributed by atoms with Crippen LogP contribution < -0.4 is 9.64 Å². The van der Waals surface area contributed by atoms with Gasteiger partial charge in [0, 0.05) is 37.9 Å². The monoisotopic (exact) mass is 470 g/mol. The molecule has 1 aliphatic rings. The lowest BCUT2D eigenvalue weighted by Gasteiger charge is -2.35. The number of aromatic nitrogens is 4. The van der Waals surface area contributed by atoms with Crippen LogP contribution in [0.1, 0.15) is 29.7 Å². The van der Waals surface area contributed by atoms with Crippen molar-refractivity contribution in [3.05, 3.63) is 53.1 Å². The molecule has 1 aliphatic heterocycles. The number of rotatable bonds is 6. The second-order valence-corrected chi connectivity index (χ2v) is 10.2. The Balaban J connectivity index is 1.51. The van der Waals surface area contributed by atoms with E-state index in [0.29, 0.717) is 55.1 Å². The molecule has 0 bridgehead atoms. The van der Waals surface area contributed by atoms with Gasteiger partial charge in [0.2, 0.25) is 10.0 Å². The quantitative estimate of drug-likeness (QED) is 0.547. The summed E-state index contributed by atoms with van der Waals surface area (Å²) in [5.41, 5.74) is 2.73. The predicted octanol–water partition coefficient (Wildman–Crippen LogP) is 2.81. The van der Waals surface area contributed by atoms with Crippen LogP contribution in [0.4, 0.5) is 5.82 Å². The molecule has 10 heteroatoms. The van der Waals surface area contributed by atoms with E-state index in [4.69, 9.17) is 4.74 Å². The highest BCUT2D eigenvalue weighted by atomic mass is 32.2. The van der Waals surface area contributed by atoms with Gasteiger partial charge >= 0.3 is 0 Å². The van der Waals surface area contributed by atoms with Gasteiger partial charge in [-0.05, 0) is 64.4 Å². The van der Waals surface area contributed by atoms with Crippen LogP contribution in [-0.2, 0) is 10.0 Å². The summed E-state index contributed by atoms with van der Waals surface area (Å²) in [4.78, 5) is 11.5. The van der Waals surface area contributed by atoms with Crippen LogP contribution in [0.25, 0.3) is 5.82 Å². The predicted molar refractivity (Wildman–Crippen MR) is 127 cm³/mol. The highest BCUT2D eigenvalue weighted by Gasteiger charge is 2.29. The summed E-state index contributed by atoms with van der Waals surface area (Å²) in [6, 6.07) is 8.94. The van der Waals surface area contributed by atoms with E-state index < -0.39 is 10.0 Å². The second kappa shape index (κ2) is 9.11. The summed E-state index contributed by atoms with van der Waals surface area (Å²) in [5.74, 6) is 2.84. The van der Waals surface area contributed by atoms with E-state index in [1.807, 2.05) is 51.4 Å². The fourth-order valence-electron chi connectivity index (χ4n) is 4.07. The molecule has 0 spiro atoms. The van der Waals surface area contributed by atoms with E-state index in [2.05, 4.69) is 20.0 Å². The summed E-state index contributed by atoms with van der Waals surface area (Å²) in [6.45, 7) is 12.0. The van der Waals surface area contributed by atoms with Crippen molar-refractivity contribution in [1.29, 1.82) is 0 Å². The summed E-state index contributed by atoms with van der Waals surface area (Å²) < 4.78 is 35.3. The molecule has 0 saturated carbocycles. The van der Waals surface area contributed by atoms with E-state index in [1.165, 1.54) is 4.31 Å². The topological polar surface area (TPSA) is 93.5 Å². The molecule has 0 radical (unpaired) electrons. The maximum Gasteiger partial charge on any atom is 0.243 e. The molecule has 0 amide bonds. The van der Waals surface area contributed by atoms with E-state index in [1.54, 1.807) is 18.2 Å². The smallest absolute Gasteiger partial charge is 0.243 e. The molecular weight excluding hydrogens is 440 g/mol. The maximum absolute atomic E-state index is 13.2. The van der Waals surface area contributed by atoms with E-state index in [-0.39, 0.29) is 0 Å². The van der Waals surface area contributed by atoms with Crippen LogP contribution in [0, 0.1) is 27.7 Å². The molecule has 0 aliphatic carbocycles. The summed E-state index contributed by atoms with van der Waals surface area (Å²) in [5, 5.41) is 4.52. The van der Waals surface area contributed by atoms with Gasteiger partial charge in [0.15, 0.2) is 5.82 Å². The Kier molecular flexibility index (Phi) is 6.40. The molecule has 0 unspecified atom stereocenters. The minimum atomic E-state index is -3.58. The van der Waals surface area contributed by atoms with Crippen molar-refractivity contribution in [3.8, 4) is 11.6 Å². The Labute approximate surface area is 195 Å². The Morgan fingerprint density at radius 3 is 2.24 bits per heavy atom. The average Bonchev–Trinajstić information content (AvgIpc) is 3.13. The molecule has 0 N–H and O–H groups in total. The van der Waals surface area contributed by atoms with Crippen LogP contribution in [0.5, 0.6) is 5.75 Å². The Hall–Kier alpha value is -2.98. The lowest BCUT2D eigenvalue weighted by Crippen LogP contribution is -2.49. The lowest BCUT2D eigenvalue weighted by atomic mass is 10.2. The van der Waals surface area contributed by atoms with Crippen molar-refractivity contribution in [3.63, 3.8) is 0 Å². The van der Waals surface area contributed by atoms with Gasteiger partial charge in [-0.1, -0.05) is 0 Å². The molecule has 1 saturated heterocycles. The van der Waals surface area contributed by atoms with Gasteiger partial charge < -0.3 is 9.64 Å². The van der Waals surface area contributed by atoms with Gasteiger partial charge in [0.25, 0.3) is 0 Å². The zero-order valence-electron chi connectivity index (χ0n) is 19.7. The van der Waals surface area contributed by atoms with Gasteiger partial charge in [-0.3, -0.25) is 0 Å². The third kappa shape index (κ3) is 4.72. The minimum Gasteiger partial charge on any atom is -0.494 e. The molecule has 3 aromatic rings. The van der Waals surface area contributed by atoms with Gasteiger partial charge in [0.1, 0.15) is 17.4 Å². The van der Waals surface area contributed by atoms with Crippen LogP contribution in [0.15, 0.2) is 35.2 Å². The van der Waals surface area contributed by atoms with Crippen molar-refractivity contribution in [1.82, 2.24) is 24.1 Å². The average molecular weight is 471 g/mol. The number of aryl methyl sites for hydroxylation is 4. The number of hydrogen-bond acceptors (Lipinski definition) is 7. The van der Waals surface area contributed by atoms with Crippen molar-refractivity contribution >= 4 is 15.8 Å². The van der Waals surface area contributed by atoms with Gasteiger partial charge in [-0.15, -0.1) is 0 Å². The third-order valence-corrected chi connectivity index (χ3v) is 7.58. The van der Waals surface area contributed by atoms with Crippen LogP contribution >= 0.6 is 0 Å². The zero-order chi connectivity index (χ0) is 23.8. The third-order valence-electron chi connectivity index (χ3n) is 5.68. The molecule has 0 atom stereocenters. The number of piperazine rings is 1. The number of anilines is 1. The second-order valence-electron chi connectivity index (χ2n) is 8.22. The first kappa shape index (κ1) is 23.2. The Bertz CT molecular complexity index is 1260. The Morgan fingerprint density at radius 1 is 0.939 bits per heavy atom. The number of ether oxygens (including phenoxy) is 1. The largest absolute Gasteiger partial charge is 0.494 e. The standard InChI is InChI=1S/C23H30N6O3S/c1-6-32-21-8-7-20(13-16(21)2)33(30,31)28-11-9-27(10-12-28)22-15-23(25-19(5)24-22)29-18(4)14-17(3)26-29/h7-8,13-15H,6,9-12H2,1-5H3. The molecular formula is C23H30N6O3S. The Morgan fingerprint density at radius 2 is 1.64 bits per heavy atom. The SMILES string of the molecule is CCOc1ccc(S(=O)(=O)N2CCN(c3cc(-n4nc(C)cc4C)nc(C)n3)CC2)cc1C. The first-order chi connectivity index (χ1) is 15.7. The van der Waals surface area contributed by atoms with Crippen LogP contribution in [-0.4, -0.2) is 65.3 Å². The van der Waals surface area contributed by atoms with Crippen molar-refractivity contribution in [2.45, 2.75) is 39.5 Å². The minimum absolute atomic E-state index is 0.293. The summed E-state index contributed by atoms with van der Waals surface area (Å²) >= 11 is 0. The molecule has 1 fully saturated rings. The zero-order valence-corrected chi connectivity index (χ0v) is 20.6. The number of benzene rings is 1. The first-order valence-corrected chi connectivity index (χ1v) is 12.5. The summed E-state index contributed by atoms with van der Waals surface area (Å²) in [7, 11) is -3.58. The van der Waals surface area contributed by atoms with E-state index >= 15 is 0 Å². The molecule has 2 aromatic heterocycles. The van der Waals surface area contributed by atoms with Gasteiger partial charge in [-0.25, -0.2) is 23.1 Å². The number of nitrogens with zero attached hydrogens (tertiary/aromatic N) is 6. The van der Waals surface area contributed by atoms with Gasteiger partial charge in [-0.2, -0.15) is 9.40 Å². The van der Waals surface area contributed by atoms with Crippen LogP contribution in [0.3, 0.4) is 0 Å². The van der Waals surface area contributed by atoms with E-state index in [9.17, 15) is 8.42 Å². The molecule has 1 aromatic carbocycles. The molecule has 9 nitrogen and oxygen atoms in total. The maximum atomic E-state index is 13.2. The molecule has 33 heavy (non-hydrogen) atoms. The molecule has 4 rings (SSSR count). The lowest BCUT2D eigenvalue weighted by molar-refractivity contribution is 0.337. The normalized spacial score (nSPS) is 15.1. The van der Waals surface area contributed by atoms with E-state index in [0.717, 1.165) is 22.8 Å². The van der Waals surface area contributed by atoms with Crippen molar-refractivity contribution in [2.24, 2.45) is 0 Å². The summed E-state index contributed by atoms with van der Waals surface area (Å²) in [6.07, 6.45) is 0. The highest BCUT2D eigenvalue weighted by Crippen LogP contribution is 2.26.